The highest BCUT2D eigenvalue weighted by Gasteiger charge is 2.36. The molecule has 1 saturated heterocycles. The van der Waals surface area contributed by atoms with Crippen LogP contribution in [-0.2, 0) is 9.47 Å². The Kier molecular flexibility index (Phi) is 4.42. The number of hydrogen-bond acceptors (Lipinski definition) is 4. The van der Waals surface area contributed by atoms with Gasteiger partial charge in [-0.25, -0.2) is 0 Å². The lowest BCUT2D eigenvalue weighted by Crippen LogP contribution is -2.49. The minimum Gasteiger partial charge on any atom is -0.389 e. The average Bonchev–Trinajstić information content (AvgIpc) is 2.79. The van der Waals surface area contributed by atoms with Crippen molar-refractivity contribution in [3.63, 3.8) is 0 Å². The summed E-state index contributed by atoms with van der Waals surface area (Å²) < 4.78 is 10.9. The summed E-state index contributed by atoms with van der Waals surface area (Å²) in [4.78, 5) is 0. The van der Waals surface area contributed by atoms with Gasteiger partial charge in [0, 0.05) is 33.2 Å². The van der Waals surface area contributed by atoms with Crippen LogP contribution >= 0.6 is 0 Å². The largest absolute Gasteiger partial charge is 0.389 e. The summed E-state index contributed by atoms with van der Waals surface area (Å²) >= 11 is 0. The molecule has 100 valence electrons. The van der Waals surface area contributed by atoms with Gasteiger partial charge in [0.25, 0.3) is 0 Å². The van der Waals surface area contributed by atoms with E-state index >= 15 is 0 Å². The van der Waals surface area contributed by atoms with E-state index in [9.17, 15) is 5.11 Å². The van der Waals surface area contributed by atoms with Crippen LogP contribution in [0, 0.1) is 0 Å². The van der Waals surface area contributed by atoms with Crippen LogP contribution in [0.4, 0.5) is 0 Å². The summed E-state index contributed by atoms with van der Waals surface area (Å²) in [5, 5.41) is 13.7. The summed E-state index contributed by atoms with van der Waals surface area (Å²) in [5.41, 5.74) is -0.669. The van der Waals surface area contributed by atoms with E-state index in [0.717, 1.165) is 45.3 Å². The van der Waals surface area contributed by atoms with Crippen molar-refractivity contribution in [2.24, 2.45) is 0 Å². The number of rotatable bonds is 5. The van der Waals surface area contributed by atoms with E-state index in [4.69, 9.17) is 9.47 Å². The maximum absolute atomic E-state index is 10.4. The van der Waals surface area contributed by atoms with Crippen molar-refractivity contribution in [2.75, 3.05) is 33.4 Å². The second-order valence-corrected chi connectivity index (χ2v) is 5.58. The van der Waals surface area contributed by atoms with Crippen LogP contribution in [0.25, 0.3) is 0 Å². The Hall–Kier alpha value is -0.160. The van der Waals surface area contributed by atoms with Gasteiger partial charge < -0.3 is 19.9 Å². The monoisotopic (exact) mass is 243 g/mol. The summed E-state index contributed by atoms with van der Waals surface area (Å²) in [6, 6.07) is 0. The number of aliphatic hydroxyl groups is 1. The Morgan fingerprint density at radius 1 is 1.18 bits per heavy atom. The molecule has 0 aromatic carbocycles. The van der Waals surface area contributed by atoms with E-state index < -0.39 is 5.60 Å². The van der Waals surface area contributed by atoms with Crippen LogP contribution in [0.15, 0.2) is 0 Å². The number of methoxy groups -OCH3 is 1. The fourth-order valence-corrected chi connectivity index (χ4v) is 2.87. The third-order valence-electron chi connectivity index (χ3n) is 4.19. The Balaban J connectivity index is 1.74. The molecule has 2 aliphatic rings. The molecule has 2 rings (SSSR count). The zero-order valence-electron chi connectivity index (χ0n) is 10.8. The highest BCUT2D eigenvalue weighted by atomic mass is 16.5. The maximum atomic E-state index is 10.4. The fraction of sp³-hybridized carbons (Fsp3) is 1.00. The topological polar surface area (TPSA) is 50.7 Å². The van der Waals surface area contributed by atoms with Crippen molar-refractivity contribution in [1.82, 2.24) is 5.32 Å². The van der Waals surface area contributed by atoms with E-state index in [0.29, 0.717) is 13.2 Å². The van der Waals surface area contributed by atoms with E-state index in [1.807, 2.05) is 0 Å². The molecule has 4 nitrogen and oxygen atoms in total. The van der Waals surface area contributed by atoms with Gasteiger partial charge in [-0.05, 0) is 12.8 Å². The highest BCUT2D eigenvalue weighted by molar-refractivity contribution is 4.90. The van der Waals surface area contributed by atoms with Crippen LogP contribution in [0.1, 0.15) is 38.5 Å². The molecule has 1 saturated carbocycles. The molecule has 4 heteroatoms. The first-order valence-corrected chi connectivity index (χ1v) is 6.74. The standard InChI is InChI=1S/C13H25NO3/c1-16-13(7-8-17-11-13)10-14-9-12(15)5-3-2-4-6-12/h14-15H,2-11H2,1H3. The molecule has 0 spiro atoms. The molecule has 17 heavy (non-hydrogen) atoms. The van der Waals surface area contributed by atoms with Gasteiger partial charge in [-0.1, -0.05) is 19.3 Å². The van der Waals surface area contributed by atoms with Gasteiger partial charge in [0.2, 0.25) is 0 Å². The number of ether oxygens (including phenoxy) is 2. The summed E-state index contributed by atoms with van der Waals surface area (Å²) in [6.45, 7) is 2.89. The van der Waals surface area contributed by atoms with E-state index in [2.05, 4.69) is 5.32 Å². The average molecular weight is 243 g/mol. The molecule has 1 heterocycles. The lowest BCUT2D eigenvalue weighted by Gasteiger charge is -2.34. The second-order valence-electron chi connectivity index (χ2n) is 5.58. The second kappa shape index (κ2) is 5.65. The van der Waals surface area contributed by atoms with Crippen molar-refractivity contribution in [3.8, 4) is 0 Å². The molecule has 1 aliphatic heterocycles. The number of nitrogens with one attached hydrogen (secondary N) is 1. The molecule has 0 radical (unpaired) electrons. The summed E-state index contributed by atoms with van der Waals surface area (Å²) in [6.07, 6.45) is 6.35. The van der Waals surface area contributed by atoms with Crippen molar-refractivity contribution in [3.05, 3.63) is 0 Å². The minimum absolute atomic E-state index is 0.176. The van der Waals surface area contributed by atoms with Crippen molar-refractivity contribution in [2.45, 2.75) is 49.7 Å². The fourth-order valence-electron chi connectivity index (χ4n) is 2.87. The third kappa shape index (κ3) is 3.41. The molecule has 1 unspecified atom stereocenters. The van der Waals surface area contributed by atoms with Crippen LogP contribution in [0.2, 0.25) is 0 Å². The Bertz CT molecular complexity index is 233. The van der Waals surface area contributed by atoms with Gasteiger partial charge in [0.15, 0.2) is 0 Å². The molecule has 0 amide bonds. The molecule has 1 atom stereocenters. The maximum Gasteiger partial charge on any atom is 0.106 e. The molecule has 0 bridgehead atoms. The first-order chi connectivity index (χ1) is 8.18. The van der Waals surface area contributed by atoms with Crippen LogP contribution in [0.5, 0.6) is 0 Å². The third-order valence-corrected chi connectivity index (χ3v) is 4.19. The number of hydrogen-bond donors (Lipinski definition) is 2. The molecule has 0 aromatic rings. The first-order valence-electron chi connectivity index (χ1n) is 6.74. The Morgan fingerprint density at radius 3 is 2.53 bits per heavy atom. The lowest BCUT2D eigenvalue weighted by molar-refractivity contribution is -0.0290. The summed E-state index contributed by atoms with van der Waals surface area (Å²) in [7, 11) is 1.74. The molecule has 2 N–H and O–H groups in total. The Morgan fingerprint density at radius 2 is 1.94 bits per heavy atom. The molecule has 0 aromatic heterocycles. The Labute approximate surface area is 104 Å². The molecule has 2 fully saturated rings. The minimum atomic E-state index is -0.493. The van der Waals surface area contributed by atoms with Gasteiger partial charge in [-0.3, -0.25) is 0 Å². The van der Waals surface area contributed by atoms with E-state index in [1.54, 1.807) is 7.11 Å². The van der Waals surface area contributed by atoms with Gasteiger partial charge in [0.05, 0.1) is 12.2 Å². The van der Waals surface area contributed by atoms with E-state index in [-0.39, 0.29) is 5.60 Å². The van der Waals surface area contributed by atoms with Gasteiger partial charge in [-0.15, -0.1) is 0 Å². The predicted octanol–water partition coefficient (Wildman–Crippen LogP) is 1.08. The predicted molar refractivity (Wildman–Crippen MR) is 66.1 cm³/mol. The lowest BCUT2D eigenvalue weighted by atomic mass is 9.85. The van der Waals surface area contributed by atoms with E-state index in [1.165, 1.54) is 6.42 Å². The van der Waals surface area contributed by atoms with Crippen LogP contribution in [0.3, 0.4) is 0 Å². The quantitative estimate of drug-likeness (QED) is 0.758. The van der Waals surface area contributed by atoms with Crippen molar-refractivity contribution >= 4 is 0 Å². The highest BCUT2D eigenvalue weighted by Crippen LogP contribution is 2.28. The first kappa shape index (κ1) is 13.3. The van der Waals surface area contributed by atoms with Crippen molar-refractivity contribution < 1.29 is 14.6 Å². The molecular weight excluding hydrogens is 218 g/mol. The van der Waals surface area contributed by atoms with Crippen molar-refractivity contribution in [1.29, 1.82) is 0 Å². The smallest absolute Gasteiger partial charge is 0.106 e. The zero-order valence-corrected chi connectivity index (χ0v) is 10.8. The van der Waals surface area contributed by atoms with Gasteiger partial charge in [0.1, 0.15) is 5.60 Å². The zero-order chi connectivity index (χ0) is 12.2. The molecular formula is C13H25NO3. The van der Waals surface area contributed by atoms with Gasteiger partial charge >= 0.3 is 0 Å². The molecule has 1 aliphatic carbocycles. The van der Waals surface area contributed by atoms with Crippen LogP contribution < -0.4 is 5.32 Å². The normalized spacial score (nSPS) is 32.8. The summed E-state index contributed by atoms with van der Waals surface area (Å²) in [5.74, 6) is 0. The SMILES string of the molecule is COC1(CNCC2(O)CCCCC2)CCOC1. The van der Waals surface area contributed by atoms with Gasteiger partial charge in [-0.2, -0.15) is 0 Å². The van der Waals surface area contributed by atoms with Crippen LogP contribution in [-0.4, -0.2) is 49.7 Å².